The zero-order valence-corrected chi connectivity index (χ0v) is 13.2. The molecule has 0 aromatic heterocycles. The molecule has 2 aromatic rings. The highest BCUT2D eigenvalue weighted by molar-refractivity contribution is 5.94. The van der Waals surface area contributed by atoms with Gasteiger partial charge in [-0.1, -0.05) is 18.2 Å². The molecule has 2 rings (SSSR count). The lowest BCUT2D eigenvalue weighted by molar-refractivity contribution is 0.0595. The Morgan fingerprint density at radius 3 is 2.44 bits per heavy atom. The molecule has 0 bridgehead atoms. The Bertz CT molecular complexity index is 797. The van der Waals surface area contributed by atoms with Crippen LogP contribution in [-0.2, 0) is 11.2 Å². The van der Waals surface area contributed by atoms with Crippen LogP contribution in [0.1, 0.15) is 15.9 Å². The van der Waals surface area contributed by atoms with Gasteiger partial charge in [0.05, 0.1) is 18.4 Å². The largest absolute Gasteiger partial charge is 0.465 e. The molecule has 0 saturated carbocycles. The van der Waals surface area contributed by atoms with Crippen molar-refractivity contribution in [3.8, 4) is 0 Å². The fourth-order valence-electron chi connectivity index (χ4n) is 2.09. The van der Waals surface area contributed by atoms with Crippen LogP contribution < -0.4 is 10.6 Å². The molecular weight excluding hydrogens is 337 g/mol. The number of benzene rings is 2. The first kappa shape index (κ1) is 18.3. The Hall–Kier alpha value is -3.03. The van der Waals surface area contributed by atoms with Crippen molar-refractivity contribution in [3.63, 3.8) is 0 Å². The average molecular weight is 352 g/mol. The van der Waals surface area contributed by atoms with Gasteiger partial charge in [0.15, 0.2) is 0 Å². The van der Waals surface area contributed by atoms with Gasteiger partial charge in [-0.05, 0) is 24.1 Å². The first-order valence-corrected chi connectivity index (χ1v) is 7.28. The fourth-order valence-corrected chi connectivity index (χ4v) is 2.09. The van der Waals surface area contributed by atoms with Crippen molar-refractivity contribution in [1.29, 1.82) is 0 Å². The zero-order valence-electron chi connectivity index (χ0n) is 13.2. The van der Waals surface area contributed by atoms with Crippen LogP contribution in [0, 0.1) is 17.5 Å². The molecule has 0 atom stereocenters. The number of halogens is 3. The summed E-state index contributed by atoms with van der Waals surface area (Å²) in [5.41, 5.74) is -0.473. The van der Waals surface area contributed by atoms with Gasteiger partial charge in [-0.2, -0.15) is 0 Å². The third kappa shape index (κ3) is 4.72. The van der Waals surface area contributed by atoms with Crippen LogP contribution in [-0.4, -0.2) is 25.7 Å². The van der Waals surface area contributed by atoms with Crippen LogP contribution in [0.3, 0.4) is 0 Å². The van der Waals surface area contributed by atoms with Crippen molar-refractivity contribution < 1.29 is 27.5 Å². The number of carbonyl (C=O) groups excluding carboxylic acids is 2. The van der Waals surface area contributed by atoms with E-state index in [2.05, 4.69) is 15.4 Å². The smallest absolute Gasteiger partial charge is 0.340 e. The van der Waals surface area contributed by atoms with E-state index in [-0.39, 0.29) is 18.7 Å². The van der Waals surface area contributed by atoms with Crippen molar-refractivity contribution >= 4 is 17.7 Å². The molecule has 0 spiro atoms. The summed E-state index contributed by atoms with van der Waals surface area (Å²) >= 11 is 0. The number of urea groups is 1. The molecule has 0 aliphatic rings. The minimum absolute atomic E-state index is 0.0967. The highest BCUT2D eigenvalue weighted by Gasteiger charge is 2.17. The predicted octanol–water partition coefficient (Wildman–Crippen LogP) is 3.25. The van der Waals surface area contributed by atoms with E-state index in [4.69, 9.17) is 0 Å². The minimum Gasteiger partial charge on any atom is -0.465 e. The second kappa shape index (κ2) is 8.18. The molecule has 8 heteroatoms. The maximum absolute atomic E-state index is 13.7. The summed E-state index contributed by atoms with van der Waals surface area (Å²) in [7, 11) is 1.05. The number of esters is 1. The Balaban J connectivity index is 1.98. The number of methoxy groups -OCH3 is 1. The van der Waals surface area contributed by atoms with Gasteiger partial charge >= 0.3 is 12.0 Å². The van der Waals surface area contributed by atoms with E-state index >= 15 is 0 Å². The van der Waals surface area contributed by atoms with E-state index in [9.17, 15) is 22.8 Å². The van der Waals surface area contributed by atoms with E-state index in [0.29, 0.717) is 11.6 Å². The van der Waals surface area contributed by atoms with E-state index in [0.717, 1.165) is 13.2 Å². The van der Waals surface area contributed by atoms with Crippen molar-refractivity contribution in [2.75, 3.05) is 19.0 Å². The number of nitrogens with one attached hydrogen (secondary N) is 2. The molecule has 0 fully saturated rings. The summed E-state index contributed by atoms with van der Waals surface area (Å²) in [6.07, 6.45) is 0.236. The molecule has 2 N–H and O–H groups in total. The molecule has 2 aromatic carbocycles. The normalized spacial score (nSPS) is 10.2. The van der Waals surface area contributed by atoms with E-state index in [1.165, 1.54) is 6.07 Å². The number of carbonyl (C=O) groups is 2. The van der Waals surface area contributed by atoms with E-state index < -0.39 is 35.0 Å². The first-order chi connectivity index (χ1) is 11.9. The Labute approximate surface area is 141 Å². The molecule has 25 heavy (non-hydrogen) atoms. The Morgan fingerprint density at radius 1 is 1.04 bits per heavy atom. The second-order valence-electron chi connectivity index (χ2n) is 5.03. The van der Waals surface area contributed by atoms with Gasteiger partial charge in [0.25, 0.3) is 0 Å². The summed E-state index contributed by atoms with van der Waals surface area (Å²) in [5, 5.41) is 4.58. The van der Waals surface area contributed by atoms with Crippen LogP contribution in [0.4, 0.5) is 23.7 Å². The van der Waals surface area contributed by atoms with Crippen LogP contribution in [0.5, 0.6) is 0 Å². The molecule has 0 saturated heterocycles. The third-order valence-electron chi connectivity index (χ3n) is 3.35. The lowest BCUT2D eigenvalue weighted by atomic mass is 10.1. The molecule has 0 aliphatic heterocycles. The van der Waals surface area contributed by atoms with Crippen LogP contribution in [0.15, 0.2) is 36.4 Å². The Morgan fingerprint density at radius 2 is 1.76 bits per heavy atom. The molecule has 0 aliphatic carbocycles. The van der Waals surface area contributed by atoms with Gasteiger partial charge < -0.3 is 15.4 Å². The van der Waals surface area contributed by atoms with Crippen molar-refractivity contribution in [1.82, 2.24) is 5.32 Å². The highest BCUT2D eigenvalue weighted by Crippen LogP contribution is 2.20. The standard InChI is InChI=1S/C17H15F3N2O3/c1-25-16(23)11-8-15(14(20)9-13(11)19)22-17(24)21-7-6-10-4-2-3-5-12(10)18/h2-5,8-9H,6-7H2,1H3,(H2,21,22,24). The first-order valence-electron chi connectivity index (χ1n) is 7.28. The summed E-state index contributed by atoms with van der Waals surface area (Å²) in [4.78, 5) is 23.2. The predicted molar refractivity (Wildman–Crippen MR) is 84.8 cm³/mol. The summed E-state index contributed by atoms with van der Waals surface area (Å²) in [6, 6.07) is 6.64. The van der Waals surface area contributed by atoms with Crippen LogP contribution in [0.25, 0.3) is 0 Å². The van der Waals surface area contributed by atoms with Crippen molar-refractivity contribution in [3.05, 3.63) is 65.0 Å². The summed E-state index contributed by atoms with van der Waals surface area (Å²) < 4.78 is 45.1. The second-order valence-corrected chi connectivity index (χ2v) is 5.03. The fraction of sp³-hybridized carbons (Fsp3) is 0.176. The van der Waals surface area contributed by atoms with Gasteiger partial charge in [0, 0.05) is 12.6 Å². The zero-order chi connectivity index (χ0) is 18.4. The number of rotatable bonds is 5. The molecule has 0 heterocycles. The van der Waals surface area contributed by atoms with Crippen molar-refractivity contribution in [2.45, 2.75) is 6.42 Å². The average Bonchev–Trinajstić information content (AvgIpc) is 2.58. The lowest BCUT2D eigenvalue weighted by Gasteiger charge is -2.10. The lowest BCUT2D eigenvalue weighted by Crippen LogP contribution is -2.31. The van der Waals surface area contributed by atoms with E-state index in [1.807, 2.05) is 0 Å². The summed E-state index contributed by atoms with van der Waals surface area (Å²) in [5.74, 6) is -3.54. The molecule has 132 valence electrons. The topological polar surface area (TPSA) is 67.4 Å². The highest BCUT2D eigenvalue weighted by atomic mass is 19.1. The van der Waals surface area contributed by atoms with Gasteiger partial charge in [0.2, 0.25) is 0 Å². The van der Waals surface area contributed by atoms with Crippen LogP contribution >= 0.6 is 0 Å². The number of ether oxygens (including phenoxy) is 1. The van der Waals surface area contributed by atoms with E-state index in [1.54, 1.807) is 18.2 Å². The third-order valence-corrected chi connectivity index (χ3v) is 3.35. The number of anilines is 1. The van der Waals surface area contributed by atoms with Gasteiger partial charge in [-0.3, -0.25) is 0 Å². The van der Waals surface area contributed by atoms with Gasteiger partial charge in [-0.25, -0.2) is 22.8 Å². The number of hydrogen-bond acceptors (Lipinski definition) is 3. The molecular formula is C17H15F3N2O3. The van der Waals surface area contributed by atoms with Gasteiger partial charge in [-0.15, -0.1) is 0 Å². The quantitative estimate of drug-likeness (QED) is 0.812. The maximum atomic E-state index is 13.7. The van der Waals surface area contributed by atoms with Gasteiger partial charge in [0.1, 0.15) is 17.5 Å². The molecule has 2 amide bonds. The molecule has 0 unspecified atom stereocenters. The summed E-state index contributed by atoms with van der Waals surface area (Å²) in [6.45, 7) is 0.0967. The van der Waals surface area contributed by atoms with Crippen molar-refractivity contribution in [2.24, 2.45) is 0 Å². The Kier molecular flexibility index (Phi) is 5.99. The monoisotopic (exact) mass is 352 g/mol. The SMILES string of the molecule is COC(=O)c1cc(NC(=O)NCCc2ccccc2F)c(F)cc1F. The minimum atomic E-state index is -1.10. The number of hydrogen-bond donors (Lipinski definition) is 2. The molecule has 0 radical (unpaired) electrons. The molecule has 5 nitrogen and oxygen atoms in total. The maximum Gasteiger partial charge on any atom is 0.340 e. The number of amides is 2. The van der Waals surface area contributed by atoms with Crippen LogP contribution in [0.2, 0.25) is 0 Å².